The van der Waals surface area contributed by atoms with E-state index in [0.717, 1.165) is 22.4 Å². The number of aromatic carboxylic acids is 1. The number of rotatable bonds is 5. The Labute approximate surface area is 192 Å². The SMILES string of the molecule is CC(C)[C@]1(c2ccc(C#N)cc2)C[C@@]12C(=O)N(Cc1cccc(C(=O)O)c1)c1ccccc12. The van der Waals surface area contributed by atoms with Gasteiger partial charge in [-0.15, -0.1) is 0 Å². The average molecular weight is 437 g/mol. The molecule has 5 nitrogen and oxygen atoms in total. The van der Waals surface area contributed by atoms with Crippen molar-refractivity contribution < 1.29 is 14.7 Å². The van der Waals surface area contributed by atoms with Crippen molar-refractivity contribution in [3.8, 4) is 6.07 Å². The molecular formula is C28H24N2O3. The molecule has 5 rings (SSSR count). The van der Waals surface area contributed by atoms with Crippen LogP contribution in [0.25, 0.3) is 0 Å². The van der Waals surface area contributed by atoms with Crippen LogP contribution in [-0.2, 0) is 22.2 Å². The summed E-state index contributed by atoms with van der Waals surface area (Å²) in [5.74, 6) is -0.719. The van der Waals surface area contributed by atoms with Crippen LogP contribution in [0.4, 0.5) is 5.69 Å². The van der Waals surface area contributed by atoms with Crippen molar-refractivity contribution in [2.45, 2.75) is 37.6 Å². The van der Waals surface area contributed by atoms with Crippen molar-refractivity contribution in [3.63, 3.8) is 0 Å². The third-order valence-electron chi connectivity index (χ3n) is 7.47. The highest BCUT2D eigenvalue weighted by atomic mass is 16.4. The van der Waals surface area contributed by atoms with Crippen LogP contribution in [0, 0.1) is 17.2 Å². The number of hydrogen-bond acceptors (Lipinski definition) is 3. The summed E-state index contributed by atoms with van der Waals surface area (Å²) in [6, 6.07) is 24.5. The number of hydrogen-bond donors (Lipinski definition) is 1. The molecule has 1 aliphatic heterocycles. The number of fused-ring (bicyclic) bond motifs is 2. The van der Waals surface area contributed by atoms with Crippen LogP contribution in [0.15, 0.2) is 72.8 Å². The first kappa shape index (κ1) is 21.0. The van der Waals surface area contributed by atoms with Crippen molar-refractivity contribution >= 4 is 17.6 Å². The summed E-state index contributed by atoms with van der Waals surface area (Å²) in [6.07, 6.45) is 0.713. The molecule has 164 valence electrons. The quantitative estimate of drug-likeness (QED) is 0.608. The van der Waals surface area contributed by atoms with Gasteiger partial charge in [0.15, 0.2) is 0 Å². The lowest BCUT2D eigenvalue weighted by molar-refractivity contribution is -0.121. The predicted molar refractivity (Wildman–Crippen MR) is 125 cm³/mol. The molecule has 1 amide bonds. The molecule has 0 unspecified atom stereocenters. The predicted octanol–water partition coefficient (Wildman–Crippen LogP) is 5.04. The number of carboxylic acid groups (broad SMARTS) is 1. The minimum absolute atomic E-state index is 0.0579. The summed E-state index contributed by atoms with van der Waals surface area (Å²) < 4.78 is 0. The largest absolute Gasteiger partial charge is 0.478 e. The first-order valence-electron chi connectivity index (χ1n) is 11.1. The minimum Gasteiger partial charge on any atom is -0.478 e. The number of anilines is 1. The Morgan fingerprint density at radius 2 is 1.82 bits per heavy atom. The highest BCUT2D eigenvalue weighted by Gasteiger charge is 2.77. The summed E-state index contributed by atoms with van der Waals surface area (Å²) >= 11 is 0. The first-order valence-corrected chi connectivity index (χ1v) is 11.1. The van der Waals surface area contributed by atoms with Crippen molar-refractivity contribution in [2.24, 2.45) is 5.92 Å². The van der Waals surface area contributed by atoms with E-state index in [-0.39, 0.29) is 22.8 Å². The number of carbonyl (C=O) groups is 2. The average Bonchev–Trinajstić information content (AvgIpc) is 3.49. The van der Waals surface area contributed by atoms with Gasteiger partial charge in [-0.2, -0.15) is 5.26 Å². The maximum Gasteiger partial charge on any atom is 0.335 e. The molecule has 33 heavy (non-hydrogen) atoms. The molecule has 1 aliphatic carbocycles. The van der Waals surface area contributed by atoms with E-state index in [9.17, 15) is 20.0 Å². The zero-order valence-electron chi connectivity index (χ0n) is 18.6. The molecule has 1 fully saturated rings. The summed E-state index contributed by atoms with van der Waals surface area (Å²) in [5.41, 5.74) is 3.58. The number of benzene rings is 3. The molecule has 2 aliphatic rings. The van der Waals surface area contributed by atoms with Gasteiger partial charge >= 0.3 is 5.97 Å². The number of nitrogens with zero attached hydrogens (tertiary/aromatic N) is 2. The molecule has 3 aromatic carbocycles. The van der Waals surface area contributed by atoms with E-state index in [0.29, 0.717) is 18.5 Å². The summed E-state index contributed by atoms with van der Waals surface area (Å²) in [7, 11) is 0. The lowest BCUT2D eigenvalue weighted by Gasteiger charge is -2.27. The Morgan fingerprint density at radius 1 is 1.09 bits per heavy atom. The smallest absolute Gasteiger partial charge is 0.335 e. The van der Waals surface area contributed by atoms with Crippen LogP contribution < -0.4 is 4.90 Å². The van der Waals surface area contributed by atoms with Gasteiger partial charge in [-0.1, -0.05) is 56.3 Å². The van der Waals surface area contributed by atoms with Crippen molar-refractivity contribution in [1.82, 2.24) is 0 Å². The normalized spacial score (nSPS) is 23.0. The Morgan fingerprint density at radius 3 is 2.48 bits per heavy atom. The summed E-state index contributed by atoms with van der Waals surface area (Å²) in [5, 5.41) is 18.6. The lowest BCUT2D eigenvalue weighted by atomic mass is 9.75. The van der Waals surface area contributed by atoms with E-state index < -0.39 is 11.4 Å². The maximum atomic E-state index is 14.1. The van der Waals surface area contributed by atoms with Crippen molar-refractivity contribution in [1.29, 1.82) is 5.26 Å². The summed E-state index contributed by atoms with van der Waals surface area (Å²) in [6.45, 7) is 4.63. The second kappa shape index (κ2) is 7.31. The number of para-hydroxylation sites is 1. The fourth-order valence-corrected chi connectivity index (χ4v) is 5.86. The molecule has 0 saturated heterocycles. The third-order valence-corrected chi connectivity index (χ3v) is 7.47. The Hall–Kier alpha value is -3.91. The molecule has 1 N–H and O–H groups in total. The van der Waals surface area contributed by atoms with Gasteiger partial charge in [0.05, 0.1) is 29.2 Å². The van der Waals surface area contributed by atoms with E-state index in [1.807, 2.05) is 53.4 Å². The molecular weight excluding hydrogens is 412 g/mol. The molecule has 3 aromatic rings. The zero-order valence-corrected chi connectivity index (χ0v) is 18.6. The van der Waals surface area contributed by atoms with Gasteiger partial charge in [0.2, 0.25) is 5.91 Å². The third kappa shape index (κ3) is 2.84. The zero-order chi connectivity index (χ0) is 23.4. The molecule has 1 heterocycles. The Bertz CT molecular complexity index is 1320. The van der Waals surface area contributed by atoms with E-state index in [4.69, 9.17) is 0 Å². The fourth-order valence-electron chi connectivity index (χ4n) is 5.86. The second-order valence-electron chi connectivity index (χ2n) is 9.31. The molecule has 0 aromatic heterocycles. The van der Waals surface area contributed by atoms with Crippen molar-refractivity contribution in [2.75, 3.05) is 4.90 Å². The second-order valence-corrected chi connectivity index (χ2v) is 9.31. The monoisotopic (exact) mass is 436 g/mol. The fraction of sp³-hybridized carbons (Fsp3) is 0.250. The van der Waals surface area contributed by atoms with Crippen LogP contribution in [0.5, 0.6) is 0 Å². The standard InChI is InChI=1S/C28H24N2O3/c1-18(2)27(22-12-10-19(15-29)11-13-22)17-28(27)23-8-3-4-9-24(23)30(26(28)33)16-20-6-5-7-21(14-20)25(31)32/h3-14,18H,16-17H2,1-2H3,(H,31,32)/t27-,28+/m0/s1. The van der Waals surface area contributed by atoms with Crippen LogP contribution in [0.2, 0.25) is 0 Å². The molecule has 1 spiro atoms. The van der Waals surface area contributed by atoms with E-state index in [1.54, 1.807) is 18.2 Å². The molecule has 0 bridgehead atoms. The number of nitriles is 1. The highest BCUT2D eigenvalue weighted by Crippen LogP contribution is 2.73. The number of carbonyl (C=O) groups excluding carboxylic acids is 1. The molecule has 1 saturated carbocycles. The van der Waals surface area contributed by atoms with E-state index in [1.165, 1.54) is 0 Å². The van der Waals surface area contributed by atoms with E-state index in [2.05, 4.69) is 26.0 Å². The van der Waals surface area contributed by atoms with Crippen LogP contribution >= 0.6 is 0 Å². The van der Waals surface area contributed by atoms with Gasteiger partial charge in [-0.25, -0.2) is 4.79 Å². The van der Waals surface area contributed by atoms with Gasteiger partial charge in [0, 0.05) is 11.1 Å². The maximum absolute atomic E-state index is 14.1. The highest BCUT2D eigenvalue weighted by molar-refractivity contribution is 6.12. The van der Waals surface area contributed by atoms with Crippen LogP contribution in [0.3, 0.4) is 0 Å². The molecule has 0 radical (unpaired) electrons. The van der Waals surface area contributed by atoms with E-state index >= 15 is 0 Å². The van der Waals surface area contributed by atoms with Gasteiger partial charge in [-0.05, 0) is 59.4 Å². The molecule has 5 heteroatoms. The topological polar surface area (TPSA) is 81.4 Å². The lowest BCUT2D eigenvalue weighted by Crippen LogP contribution is -2.38. The van der Waals surface area contributed by atoms with Gasteiger partial charge in [-0.3, -0.25) is 4.79 Å². The van der Waals surface area contributed by atoms with Gasteiger partial charge < -0.3 is 10.0 Å². The van der Waals surface area contributed by atoms with Gasteiger partial charge in [0.25, 0.3) is 0 Å². The van der Waals surface area contributed by atoms with Crippen LogP contribution in [-0.4, -0.2) is 17.0 Å². The van der Waals surface area contributed by atoms with Crippen molar-refractivity contribution in [3.05, 3.63) is 101 Å². The Kier molecular flexibility index (Phi) is 4.65. The minimum atomic E-state index is -0.983. The van der Waals surface area contributed by atoms with Gasteiger partial charge in [0.1, 0.15) is 0 Å². The number of amides is 1. The summed E-state index contributed by atoms with van der Waals surface area (Å²) in [4.78, 5) is 27.4. The Balaban J connectivity index is 1.60. The molecule has 2 atom stereocenters. The first-order chi connectivity index (χ1) is 15.8. The number of carboxylic acids is 1. The van der Waals surface area contributed by atoms with Crippen LogP contribution in [0.1, 0.15) is 52.9 Å².